The van der Waals surface area contributed by atoms with Crippen molar-refractivity contribution in [1.82, 2.24) is 9.97 Å². The molecule has 0 unspecified atom stereocenters. The number of benzene rings is 10. The van der Waals surface area contributed by atoms with E-state index in [9.17, 15) is 0 Å². The smallest absolute Gasteiger partial charge is 0.0973 e. The average Bonchev–Trinajstić information content (AvgIpc) is 3.43. The first-order valence-corrected chi connectivity index (χ1v) is 23.0. The van der Waals surface area contributed by atoms with E-state index in [4.69, 9.17) is 9.97 Å². The highest BCUT2D eigenvalue weighted by Gasteiger charge is 2.21. The van der Waals surface area contributed by atoms with Crippen molar-refractivity contribution in [3.63, 3.8) is 0 Å². The Kier molecular flexibility index (Phi) is 11.7. The van der Waals surface area contributed by atoms with Gasteiger partial charge < -0.3 is 9.80 Å². The molecule has 0 N–H and O–H groups in total. The van der Waals surface area contributed by atoms with E-state index >= 15 is 0 Å². The first kappa shape index (κ1) is 41.6. The molecule has 4 heteroatoms. The Hall–Kier alpha value is -9.12. The van der Waals surface area contributed by atoms with Crippen LogP contribution >= 0.6 is 0 Å². The number of aromatic nitrogens is 2. The Morgan fingerprint density at radius 3 is 0.603 bits per heavy atom. The van der Waals surface area contributed by atoms with Gasteiger partial charge in [-0.1, -0.05) is 206 Å². The van der Waals surface area contributed by atoms with Crippen LogP contribution in [0, 0.1) is 0 Å². The summed E-state index contributed by atoms with van der Waals surface area (Å²) in [5, 5.41) is 0. The molecule has 0 aliphatic heterocycles. The van der Waals surface area contributed by atoms with Gasteiger partial charge in [-0.05, 0) is 95.1 Å². The zero-order valence-corrected chi connectivity index (χ0v) is 37.3. The van der Waals surface area contributed by atoms with Crippen molar-refractivity contribution >= 4 is 34.1 Å². The van der Waals surface area contributed by atoms with E-state index in [1.807, 2.05) is 12.1 Å². The lowest BCUT2D eigenvalue weighted by Crippen LogP contribution is -2.10. The Bertz CT molecular complexity index is 3130. The highest BCUT2D eigenvalue weighted by Crippen LogP contribution is 2.42. The first-order chi connectivity index (χ1) is 33.7. The van der Waals surface area contributed by atoms with Crippen LogP contribution in [-0.2, 0) is 0 Å². The topological polar surface area (TPSA) is 32.3 Å². The van der Waals surface area contributed by atoms with Crippen LogP contribution < -0.4 is 9.80 Å². The summed E-state index contributed by atoms with van der Waals surface area (Å²) in [5.74, 6) is 0. The van der Waals surface area contributed by atoms with Crippen LogP contribution in [-0.4, -0.2) is 9.97 Å². The van der Waals surface area contributed by atoms with Crippen LogP contribution in [0.2, 0.25) is 0 Å². The maximum atomic E-state index is 5.59. The average molecular weight is 871 g/mol. The quantitative estimate of drug-likeness (QED) is 0.122. The molecule has 10 aromatic carbocycles. The summed E-state index contributed by atoms with van der Waals surface area (Å²) in [4.78, 5) is 15.8. The molecule has 11 aromatic rings. The van der Waals surface area contributed by atoms with Gasteiger partial charge in [-0.2, -0.15) is 0 Å². The molecule has 322 valence electrons. The molecule has 4 nitrogen and oxygen atoms in total. The van der Waals surface area contributed by atoms with Gasteiger partial charge in [-0.3, -0.25) is 0 Å². The molecule has 0 aliphatic carbocycles. The van der Waals surface area contributed by atoms with Crippen molar-refractivity contribution in [2.75, 3.05) is 9.80 Å². The van der Waals surface area contributed by atoms with Gasteiger partial charge in [0.2, 0.25) is 0 Å². The molecule has 1 heterocycles. The summed E-state index contributed by atoms with van der Waals surface area (Å²) in [7, 11) is 0. The van der Waals surface area contributed by atoms with Gasteiger partial charge in [0.15, 0.2) is 0 Å². The Balaban J connectivity index is 1.02. The minimum absolute atomic E-state index is 0.803. The zero-order chi connectivity index (χ0) is 45.5. The number of para-hydroxylation sites is 2. The fourth-order valence-electron chi connectivity index (χ4n) is 8.88. The van der Waals surface area contributed by atoms with E-state index in [1.165, 1.54) is 22.3 Å². The molecule has 0 radical (unpaired) electrons. The van der Waals surface area contributed by atoms with E-state index in [0.717, 1.165) is 79.2 Å². The van der Waals surface area contributed by atoms with E-state index in [1.54, 1.807) is 0 Å². The van der Waals surface area contributed by atoms with Gasteiger partial charge in [0.1, 0.15) is 0 Å². The molecule has 11 rings (SSSR count). The predicted octanol–water partition coefficient (Wildman–Crippen LogP) is 17.4. The Labute approximate surface area is 398 Å². The molecule has 0 fully saturated rings. The minimum Gasteiger partial charge on any atom is -0.311 e. The number of hydrogen-bond donors (Lipinski definition) is 0. The highest BCUT2D eigenvalue weighted by atomic mass is 15.1. The third-order valence-electron chi connectivity index (χ3n) is 12.3. The second kappa shape index (κ2) is 19.2. The van der Waals surface area contributed by atoms with Gasteiger partial charge in [0.05, 0.1) is 22.8 Å². The van der Waals surface area contributed by atoms with Crippen LogP contribution in [0.5, 0.6) is 0 Å². The fourth-order valence-corrected chi connectivity index (χ4v) is 8.88. The fraction of sp³-hybridized carbons (Fsp3) is 0. The monoisotopic (exact) mass is 870 g/mol. The number of hydrogen-bond acceptors (Lipinski definition) is 4. The second-order valence-corrected chi connectivity index (χ2v) is 16.6. The SMILES string of the molecule is c1ccc(-c2ccc(N(c3ccccc3)c3ccc(-c4nc(-c5ccccc5)c(-c5ccccc5)nc4-c4ccc(N(c5ccccc5)c5ccc(-c6ccccc6)cc5)cc4)cc3)cc2)cc1. The van der Waals surface area contributed by atoms with Crippen molar-refractivity contribution in [2.24, 2.45) is 0 Å². The molecule has 0 bridgehead atoms. The summed E-state index contributed by atoms with van der Waals surface area (Å²) in [6, 6.07) is 97.9. The van der Waals surface area contributed by atoms with Crippen LogP contribution in [0.15, 0.2) is 279 Å². The lowest BCUT2D eigenvalue weighted by molar-refractivity contribution is 1.21. The normalized spacial score (nSPS) is 10.9. The van der Waals surface area contributed by atoms with Gasteiger partial charge in [-0.25, -0.2) is 9.97 Å². The summed E-state index contributed by atoms with van der Waals surface area (Å²) in [6.07, 6.45) is 0. The maximum Gasteiger partial charge on any atom is 0.0973 e. The second-order valence-electron chi connectivity index (χ2n) is 16.6. The summed E-state index contributed by atoms with van der Waals surface area (Å²) in [6.45, 7) is 0. The van der Waals surface area contributed by atoms with Crippen molar-refractivity contribution in [3.8, 4) is 67.3 Å². The lowest BCUT2D eigenvalue weighted by atomic mass is 9.98. The lowest BCUT2D eigenvalue weighted by Gasteiger charge is -2.26. The third kappa shape index (κ3) is 8.70. The van der Waals surface area contributed by atoms with E-state index in [0.29, 0.717) is 0 Å². The van der Waals surface area contributed by atoms with Gasteiger partial charge in [0, 0.05) is 56.4 Å². The molecule has 68 heavy (non-hydrogen) atoms. The number of anilines is 6. The van der Waals surface area contributed by atoms with Crippen LogP contribution in [0.3, 0.4) is 0 Å². The molecule has 0 atom stereocenters. The standard InChI is InChI=1S/C64H46N4/c1-7-19-47(20-8-1)49-31-39-57(40-32-49)67(55-27-15-5-16-28-55)59-43-35-53(36-44-59)63-64(66-62(52-25-13-4-14-26-52)61(65-63)51-23-11-3-12-24-51)54-37-45-60(46-38-54)68(56-29-17-6-18-30-56)58-41-33-50(34-42-58)48-21-9-2-10-22-48/h1-46H. The number of rotatable bonds is 12. The van der Waals surface area contributed by atoms with E-state index in [2.05, 4.69) is 277 Å². The van der Waals surface area contributed by atoms with Crippen LogP contribution in [0.1, 0.15) is 0 Å². The van der Waals surface area contributed by atoms with Crippen LogP contribution in [0.4, 0.5) is 34.1 Å². The Morgan fingerprint density at radius 2 is 0.338 bits per heavy atom. The molecule has 0 aliphatic rings. The summed E-state index contributed by atoms with van der Waals surface area (Å²) >= 11 is 0. The van der Waals surface area contributed by atoms with E-state index < -0.39 is 0 Å². The van der Waals surface area contributed by atoms with Crippen molar-refractivity contribution in [3.05, 3.63) is 279 Å². The molecule has 0 amide bonds. The van der Waals surface area contributed by atoms with Gasteiger partial charge >= 0.3 is 0 Å². The molecule has 1 aromatic heterocycles. The molecular weight excluding hydrogens is 825 g/mol. The van der Waals surface area contributed by atoms with Crippen molar-refractivity contribution in [2.45, 2.75) is 0 Å². The van der Waals surface area contributed by atoms with Crippen molar-refractivity contribution in [1.29, 1.82) is 0 Å². The van der Waals surface area contributed by atoms with Crippen LogP contribution in [0.25, 0.3) is 67.3 Å². The highest BCUT2D eigenvalue weighted by molar-refractivity contribution is 5.89. The van der Waals surface area contributed by atoms with Gasteiger partial charge in [0.25, 0.3) is 0 Å². The van der Waals surface area contributed by atoms with Gasteiger partial charge in [-0.15, -0.1) is 0 Å². The summed E-state index contributed by atoms with van der Waals surface area (Å²) in [5.41, 5.74) is 18.3. The maximum absolute atomic E-state index is 5.59. The number of nitrogens with zero attached hydrogens (tertiary/aromatic N) is 4. The van der Waals surface area contributed by atoms with Crippen molar-refractivity contribution < 1.29 is 0 Å². The summed E-state index contributed by atoms with van der Waals surface area (Å²) < 4.78 is 0. The molecule has 0 saturated carbocycles. The first-order valence-electron chi connectivity index (χ1n) is 23.0. The Morgan fingerprint density at radius 1 is 0.162 bits per heavy atom. The molecule has 0 saturated heterocycles. The minimum atomic E-state index is 0.803. The molecule has 0 spiro atoms. The zero-order valence-electron chi connectivity index (χ0n) is 37.3. The molecular formula is C64H46N4. The van der Waals surface area contributed by atoms with E-state index in [-0.39, 0.29) is 0 Å². The predicted molar refractivity (Wildman–Crippen MR) is 284 cm³/mol. The third-order valence-corrected chi connectivity index (χ3v) is 12.3. The largest absolute Gasteiger partial charge is 0.311 e.